The molecular formula is C20H34N4O3S. The van der Waals surface area contributed by atoms with E-state index in [9.17, 15) is 13.2 Å². The Hall–Kier alpha value is -1.48. The van der Waals surface area contributed by atoms with Gasteiger partial charge in [-0.1, -0.05) is 0 Å². The number of unbranched alkanes of at least 4 members (excludes halogenated alkanes) is 1. The Morgan fingerprint density at radius 1 is 1.04 bits per heavy atom. The number of carbonyl (C=O) groups is 1. The summed E-state index contributed by atoms with van der Waals surface area (Å²) in [6.45, 7) is 11.5. The fourth-order valence-corrected chi connectivity index (χ4v) is 4.50. The number of hydrogen-bond donors (Lipinski definition) is 2. The summed E-state index contributed by atoms with van der Waals surface area (Å²) in [5.74, 6) is -0.174. The monoisotopic (exact) mass is 410 g/mol. The van der Waals surface area contributed by atoms with Gasteiger partial charge in [0.1, 0.15) is 0 Å². The van der Waals surface area contributed by atoms with Crippen LogP contribution in [0, 0.1) is 0 Å². The number of rotatable bonds is 8. The molecule has 0 saturated carbocycles. The van der Waals surface area contributed by atoms with E-state index in [1.807, 2.05) is 0 Å². The van der Waals surface area contributed by atoms with Crippen molar-refractivity contribution in [3.63, 3.8) is 0 Å². The van der Waals surface area contributed by atoms with E-state index in [0.29, 0.717) is 12.1 Å². The van der Waals surface area contributed by atoms with Crippen LogP contribution in [0.1, 0.15) is 44.0 Å². The Labute approximate surface area is 169 Å². The lowest BCUT2D eigenvalue weighted by Gasteiger charge is -2.32. The number of piperazine rings is 1. The molecule has 0 bridgehead atoms. The molecule has 8 heteroatoms. The molecule has 0 radical (unpaired) electrons. The van der Waals surface area contributed by atoms with Gasteiger partial charge in [-0.05, 0) is 71.5 Å². The van der Waals surface area contributed by atoms with Crippen LogP contribution in [0.2, 0.25) is 0 Å². The van der Waals surface area contributed by atoms with E-state index in [0.717, 1.165) is 45.6 Å². The number of carbonyl (C=O) groups excluding carboxylic acids is 1. The minimum atomic E-state index is -3.59. The molecule has 0 atom stereocenters. The number of sulfonamides is 1. The van der Waals surface area contributed by atoms with Crippen LogP contribution in [0.15, 0.2) is 29.2 Å². The summed E-state index contributed by atoms with van der Waals surface area (Å²) in [4.78, 5) is 17.2. The van der Waals surface area contributed by atoms with Gasteiger partial charge in [0.25, 0.3) is 5.91 Å². The van der Waals surface area contributed by atoms with Crippen molar-refractivity contribution in [1.29, 1.82) is 0 Å². The summed E-state index contributed by atoms with van der Waals surface area (Å²) in [5.41, 5.74) is -0.0901. The van der Waals surface area contributed by atoms with Gasteiger partial charge >= 0.3 is 0 Å². The second-order valence-electron chi connectivity index (χ2n) is 8.49. The molecule has 1 aliphatic rings. The lowest BCUT2D eigenvalue weighted by Crippen LogP contribution is -2.44. The minimum absolute atomic E-state index is 0.158. The summed E-state index contributed by atoms with van der Waals surface area (Å²) < 4.78 is 27.2. The maximum Gasteiger partial charge on any atom is 0.251 e. The molecule has 158 valence electrons. The van der Waals surface area contributed by atoms with E-state index in [1.54, 1.807) is 32.9 Å². The van der Waals surface area contributed by atoms with Crippen LogP contribution >= 0.6 is 0 Å². The van der Waals surface area contributed by atoms with Crippen molar-refractivity contribution in [3.8, 4) is 0 Å². The maximum absolute atomic E-state index is 12.3. The lowest BCUT2D eigenvalue weighted by atomic mass is 10.1. The van der Waals surface area contributed by atoms with Crippen LogP contribution in [-0.2, 0) is 10.0 Å². The second-order valence-corrected chi connectivity index (χ2v) is 10.2. The van der Waals surface area contributed by atoms with E-state index in [2.05, 4.69) is 26.9 Å². The van der Waals surface area contributed by atoms with Crippen LogP contribution in [-0.4, -0.2) is 76.0 Å². The van der Waals surface area contributed by atoms with Gasteiger partial charge in [-0.15, -0.1) is 0 Å². The third-order valence-electron chi connectivity index (χ3n) is 4.65. The van der Waals surface area contributed by atoms with Gasteiger partial charge in [-0.2, -0.15) is 0 Å². The molecule has 7 nitrogen and oxygen atoms in total. The van der Waals surface area contributed by atoms with Crippen LogP contribution < -0.4 is 10.0 Å². The maximum atomic E-state index is 12.3. The third kappa shape index (κ3) is 7.50. The predicted molar refractivity (Wildman–Crippen MR) is 112 cm³/mol. The Kier molecular flexibility index (Phi) is 8.00. The van der Waals surface area contributed by atoms with E-state index in [1.165, 1.54) is 12.1 Å². The van der Waals surface area contributed by atoms with Crippen molar-refractivity contribution in [2.24, 2.45) is 0 Å². The highest BCUT2D eigenvalue weighted by Crippen LogP contribution is 2.14. The number of nitrogens with one attached hydrogen (secondary N) is 2. The molecule has 0 aromatic heterocycles. The topological polar surface area (TPSA) is 81.8 Å². The number of hydrogen-bond acceptors (Lipinski definition) is 5. The third-order valence-corrected chi connectivity index (χ3v) is 6.42. The van der Waals surface area contributed by atoms with Gasteiger partial charge in [0.05, 0.1) is 4.90 Å². The second kappa shape index (κ2) is 9.82. The molecule has 2 N–H and O–H groups in total. The van der Waals surface area contributed by atoms with Crippen LogP contribution in [0.4, 0.5) is 0 Å². The van der Waals surface area contributed by atoms with Crippen molar-refractivity contribution < 1.29 is 13.2 Å². The first-order valence-corrected chi connectivity index (χ1v) is 11.4. The van der Waals surface area contributed by atoms with Gasteiger partial charge in [0.2, 0.25) is 10.0 Å². The largest absolute Gasteiger partial charge is 0.352 e. The van der Waals surface area contributed by atoms with Crippen molar-refractivity contribution in [2.75, 3.05) is 46.3 Å². The van der Waals surface area contributed by atoms with Gasteiger partial charge in [-0.25, -0.2) is 13.1 Å². The highest BCUT2D eigenvalue weighted by atomic mass is 32.2. The van der Waals surface area contributed by atoms with E-state index in [-0.39, 0.29) is 10.8 Å². The van der Waals surface area contributed by atoms with Gasteiger partial charge in [0, 0.05) is 43.8 Å². The van der Waals surface area contributed by atoms with Gasteiger partial charge in [-0.3, -0.25) is 4.79 Å². The molecule has 1 fully saturated rings. The van der Waals surface area contributed by atoms with Crippen molar-refractivity contribution in [1.82, 2.24) is 19.8 Å². The zero-order chi connectivity index (χ0) is 20.8. The average Bonchev–Trinajstić information content (AvgIpc) is 2.61. The van der Waals surface area contributed by atoms with Gasteiger partial charge in [0.15, 0.2) is 0 Å². The summed E-state index contributed by atoms with van der Waals surface area (Å²) in [5, 5.41) is 2.91. The van der Waals surface area contributed by atoms with Gasteiger partial charge < -0.3 is 15.1 Å². The molecule has 0 spiro atoms. The molecule has 1 amide bonds. The number of amides is 1. The molecule has 28 heavy (non-hydrogen) atoms. The Balaban J connectivity index is 1.74. The zero-order valence-electron chi connectivity index (χ0n) is 17.5. The highest BCUT2D eigenvalue weighted by molar-refractivity contribution is 7.89. The van der Waals surface area contributed by atoms with E-state index < -0.39 is 15.6 Å². The molecule has 1 aromatic rings. The smallest absolute Gasteiger partial charge is 0.251 e. The number of nitrogens with zero attached hydrogens (tertiary/aromatic N) is 2. The molecule has 0 unspecified atom stereocenters. The molecule has 1 heterocycles. The van der Waals surface area contributed by atoms with Crippen LogP contribution in [0.25, 0.3) is 0 Å². The normalized spacial score (nSPS) is 16.9. The molecular weight excluding hydrogens is 376 g/mol. The first kappa shape index (κ1) is 22.8. The van der Waals surface area contributed by atoms with E-state index >= 15 is 0 Å². The summed E-state index contributed by atoms with van der Waals surface area (Å²) in [6.07, 6.45) is 1.99. The molecule has 1 aliphatic heterocycles. The lowest BCUT2D eigenvalue weighted by molar-refractivity contribution is 0.0951. The van der Waals surface area contributed by atoms with Crippen molar-refractivity contribution in [3.05, 3.63) is 29.8 Å². The summed E-state index contributed by atoms with van der Waals surface area (Å²) >= 11 is 0. The molecule has 2 rings (SSSR count). The van der Waals surface area contributed by atoms with Crippen LogP contribution in [0.5, 0.6) is 0 Å². The molecule has 1 saturated heterocycles. The predicted octanol–water partition coefficient (Wildman–Crippen LogP) is 1.52. The summed E-state index contributed by atoms with van der Waals surface area (Å²) in [6, 6.07) is 6.04. The van der Waals surface area contributed by atoms with Crippen molar-refractivity contribution in [2.45, 2.75) is 44.0 Å². The highest BCUT2D eigenvalue weighted by Gasteiger charge is 2.22. The summed E-state index contributed by atoms with van der Waals surface area (Å²) in [7, 11) is -1.44. The SMILES string of the molecule is CN1CCN(CCCCNC(=O)c2ccc(S(=O)(=O)NC(C)(C)C)cc2)CC1. The quantitative estimate of drug-likeness (QED) is 0.635. The van der Waals surface area contributed by atoms with Crippen molar-refractivity contribution >= 4 is 15.9 Å². The first-order valence-electron chi connectivity index (χ1n) is 9.90. The number of benzene rings is 1. The zero-order valence-corrected chi connectivity index (χ0v) is 18.3. The van der Waals surface area contributed by atoms with E-state index in [4.69, 9.17) is 0 Å². The fraction of sp³-hybridized carbons (Fsp3) is 0.650. The Morgan fingerprint density at radius 2 is 1.64 bits per heavy atom. The Morgan fingerprint density at radius 3 is 2.21 bits per heavy atom. The molecule has 1 aromatic carbocycles. The minimum Gasteiger partial charge on any atom is -0.352 e. The first-order chi connectivity index (χ1) is 13.1. The standard InChI is InChI=1S/C20H34N4O3S/c1-20(2,3)22-28(26,27)18-9-7-17(8-10-18)19(25)21-11-5-6-12-24-15-13-23(4)14-16-24/h7-10,22H,5-6,11-16H2,1-4H3,(H,21,25). The fourth-order valence-electron chi connectivity index (χ4n) is 3.08. The average molecular weight is 411 g/mol. The number of likely N-dealkylation sites (N-methyl/N-ethyl adjacent to an activating group) is 1. The molecule has 0 aliphatic carbocycles. The van der Waals surface area contributed by atoms with Crippen LogP contribution in [0.3, 0.4) is 0 Å². The Bertz CT molecular complexity index is 734.